The molecule has 0 saturated carbocycles. The number of anilines is 2. The maximum atomic E-state index is 12.6. The minimum absolute atomic E-state index is 0.270. The Morgan fingerprint density at radius 2 is 1.55 bits per heavy atom. The van der Waals surface area contributed by atoms with Gasteiger partial charge in [-0.25, -0.2) is 0 Å². The van der Waals surface area contributed by atoms with Gasteiger partial charge in [-0.15, -0.1) is 0 Å². The van der Waals surface area contributed by atoms with Crippen molar-refractivity contribution in [1.29, 1.82) is 0 Å². The summed E-state index contributed by atoms with van der Waals surface area (Å²) < 4.78 is 5.01. The highest BCUT2D eigenvalue weighted by Gasteiger charge is 2.11. The highest BCUT2D eigenvalue weighted by molar-refractivity contribution is 6.32. The number of ether oxygens (including phenoxy) is 1. The second kappa shape index (κ2) is 10.2. The van der Waals surface area contributed by atoms with Crippen molar-refractivity contribution in [1.82, 2.24) is 0 Å². The molecule has 31 heavy (non-hydrogen) atoms. The number of amides is 2. The molecule has 0 fully saturated rings. The Balaban J connectivity index is 1.72. The Morgan fingerprint density at radius 1 is 0.871 bits per heavy atom. The first-order valence-electron chi connectivity index (χ1n) is 9.35. The lowest BCUT2D eigenvalue weighted by atomic mass is 10.2. The number of benzene rings is 3. The van der Waals surface area contributed by atoms with Gasteiger partial charge in [0.05, 0.1) is 11.4 Å². The van der Waals surface area contributed by atoms with Gasteiger partial charge in [0.2, 0.25) is 5.91 Å². The van der Waals surface area contributed by atoms with Gasteiger partial charge in [-0.05, 0) is 48.0 Å². The summed E-state index contributed by atoms with van der Waals surface area (Å²) in [5.41, 5.74) is 1.87. The van der Waals surface area contributed by atoms with E-state index in [1.165, 1.54) is 19.1 Å². The van der Waals surface area contributed by atoms with Gasteiger partial charge in [-0.1, -0.05) is 48.0 Å². The van der Waals surface area contributed by atoms with Crippen molar-refractivity contribution >= 4 is 46.8 Å². The molecule has 2 amide bonds. The zero-order chi connectivity index (χ0) is 22.2. The molecule has 0 atom stereocenters. The zero-order valence-corrected chi connectivity index (χ0v) is 17.3. The molecule has 0 heterocycles. The van der Waals surface area contributed by atoms with Crippen molar-refractivity contribution in [2.24, 2.45) is 0 Å². The molecule has 7 heteroatoms. The lowest BCUT2D eigenvalue weighted by Crippen LogP contribution is -2.15. The fraction of sp³-hybridized carbons (Fsp3) is 0.0417. The summed E-state index contributed by atoms with van der Waals surface area (Å²) in [6.45, 7) is 1.28. The predicted octanol–water partition coefficient (Wildman–Crippen LogP) is 5.17. The molecule has 0 aliphatic heterocycles. The van der Waals surface area contributed by atoms with Crippen LogP contribution in [0.25, 0.3) is 6.08 Å². The molecular weight excluding hydrogens is 416 g/mol. The van der Waals surface area contributed by atoms with Gasteiger partial charge in [0, 0.05) is 23.6 Å². The van der Waals surface area contributed by atoms with Crippen LogP contribution in [0.15, 0.2) is 78.9 Å². The molecule has 0 unspecified atom stereocenters. The van der Waals surface area contributed by atoms with Crippen LogP contribution in [0.1, 0.15) is 22.8 Å². The van der Waals surface area contributed by atoms with Crippen molar-refractivity contribution in [3.05, 3.63) is 95.0 Å². The molecule has 0 aliphatic carbocycles. The highest BCUT2D eigenvalue weighted by atomic mass is 35.5. The van der Waals surface area contributed by atoms with Gasteiger partial charge in [0.1, 0.15) is 5.75 Å². The number of rotatable bonds is 6. The lowest BCUT2D eigenvalue weighted by Gasteiger charge is -2.12. The van der Waals surface area contributed by atoms with Crippen LogP contribution in [0.3, 0.4) is 0 Å². The topological polar surface area (TPSA) is 84.5 Å². The highest BCUT2D eigenvalue weighted by Crippen LogP contribution is 2.23. The quantitative estimate of drug-likeness (QED) is 0.318. The summed E-state index contributed by atoms with van der Waals surface area (Å²) in [4.78, 5) is 36.1. The summed E-state index contributed by atoms with van der Waals surface area (Å²) in [5, 5.41) is 6.04. The van der Waals surface area contributed by atoms with E-state index in [1.807, 2.05) is 6.07 Å². The van der Waals surface area contributed by atoms with Gasteiger partial charge in [-0.2, -0.15) is 0 Å². The van der Waals surface area contributed by atoms with Crippen molar-refractivity contribution in [2.75, 3.05) is 10.6 Å². The van der Waals surface area contributed by atoms with Gasteiger partial charge >= 0.3 is 5.97 Å². The third-order valence-corrected chi connectivity index (χ3v) is 4.45. The number of hydrogen-bond donors (Lipinski definition) is 2. The molecule has 156 valence electrons. The fourth-order valence-corrected chi connectivity index (χ4v) is 2.91. The number of carbonyl (C=O) groups is 3. The van der Waals surface area contributed by atoms with Crippen LogP contribution < -0.4 is 15.4 Å². The SMILES string of the molecule is CC(=O)Oc1cccc(C(=O)Nc2ccccc2NC(=O)/C=C/c2ccccc2Cl)c1. The maximum absolute atomic E-state index is 12.6. The van der Waals surface area contributed by atoms with E-state index in [2.05, 4.69) is 10.6 Å². The molecule has 3 aromatic rings. The third kappa shape index (κ3) is 6.29. The van der Waals surface area contributed by atoms with Crippen LogP contribution in [-0.2, 0) is 9.59 Å². The Kier molecular flexibility index (Phi) is 7.19. The van der Waals surface area contributed by atoms with Crippen LogP contribution >= 0.6 is 11.6 Å². The molecule has 0 aromatic heterocycles. The minimum Gasteiger partial charge on any atom is -0.427 e. The summed E-state index contributed by atoms with van der Waals surface area (Å²) in [5.74, 6) is -0.998. The number of carbonyl (C=O) groups excluding carboxylic acids is 3. The van der Waals surface area contributed by atoms with Crippen molar-refractivity contribution < 1.29 is 19.1 Å². The van der Waals surface area contributed by atoms with Gasteiger partial charge in [0.15, 0.2) is 0 Å². The Bertz CT molecular complexity index is 1160. The smallest absolute Gasteiger partial charge is 0.308 e. The standard InChI is InChI=1S/C24H19ClN2O4/c1-16(28)31-19-9-6-8-18(15-19)24(30)27-22-12-5-4-11-21(22)26-23(29)14-13-17-7-2-3-10-20(17)25/h2-15H,1H3,(H,26,29)(H,27,30)/b14-13+. The molecule has 6 nitrogen and oxygen atoms in total. The Morgan fingerprint density at radius 3 is 2.26 bits per heavy atom. The van der Waals surface area contributed by atoms with E-state index in [0.717, 1.165) is 0 Å². The lowest BCUT2D eigenvalue weighted by molar-refractivity contribution is -0.131. The largest absolute Gasteiger partial charge is 0.427 e. The Labute approximate surface area is 184 Å². The van der Waals surface area contributed by atoms with Crippen molar-refractivity contribution in [2.45, 2.75) is 6.92 Å². The van der Waals surface area contributed by atoms with Crippen molar-refractivity contribution in [3.8, 4) is 5.75 Å². The van der Waals surface area contributed by atoms with E-state index < -0.39 is 11.9 Å². The molecule has 0 saturated heterocycles. The molecule has 3 rings (SSSR count). The summed E-state index contributed by atoms with van der Waals surface area (Å²) in [6, 6.07) is 20.2. The van der Waals surface area contributed by atoms with Crippen LogP contribution in [0.5, 0.6) is 5.75 Å². The Hall–Kier alpha value is -3.90. The van der Waals surface area contributed by atoms with Crippen LogP contribution in [0.2, 0.25) is 5.02 Å². The first-order chi connectivity index (χ1) is 14.9. The average Bonchev–Trinajstić information content (AvgIpc) is 2.74. The minimum atomic E-state index is -0.476. The van der Waals surface area contributed by atoms with Crippen molar-refractivity contribution in [3.63, 3.8) is 0 Å². The molecule has 0 bridgehead atoms. The second-order valence-electron chi connectivity index (χ2n) is 6.47. The van der Waals surface area contributed by atoms with Crippen LogP contribution in [-0.4, -0.2) is 17.8 Å². The summed E-state index contributed by atoms with van der Waals surface area (Å²) in [6.07, 6.45) is 2.97. The molecule has 0 radical (unpaired) electrons. The fourth-order valence-electron chi connectivity index (χ4n) is 2.71. The van der Waals surface area contributed by atoms with Crippen LogP contribution in [0.4, 0.5) is 11.4 Å². The van der Waals surface area contributed by atoms with Crippen LogP contribution in [0, 0.1) is 0 Å². The first-order valence-corrected chi connectivity index (χ1v) is 9.72. The maximum Gasteiger partial charge on any atom is 0.308 e. The third-order valence-electron chi connectivity index (χ3n) is 4.11. The van der Waals surface area contributed by atoms with E-state index in [4.69, 9.17) is 16.3 Å². The number of nitrogens with one attached hydrogen (secondary N) is 2. The average molecular weight is 435 g/mol. The van der Waals surface area contributed by atoms with Gasteiger partial charge in [-0.3, -0.25) is 14.4 Å². The molecule has 3 aromatic carbocycles. The zero-order valence-electron chi connectivity index (χ0n) is 16.6. The number of esters is 1. The summed E-state index contributed by atoms with van der Waals surface area (Å²) >= 11 is 6.09. The molecule has 2 N–H and O–H groups in total. The predicted molar refractivity (Wildman–Crippen MR) is 121 cm³/mol. The van der Waals surface area contributed by atoms with E-state index in [1.54, 1.807) is 66.7 Å². The van der Waals surface area contributed by atoms with E-state index in [9.17, 15) is 14.4 Å². The molecule has 0 spiro atoms. The van der Waals surface area contributed by atoms with E-state index >= 15 is 0 Å². The second-order valence-corrected chi connectivity index (χ2v) is 6.87. The number of hydrogen-bond acceptors (Lipinski definition) is 4. The summed E-state index contributed by atoms with van der Waals surface area (Å²) in [7, 11) is 0. The van der Waals surface area contributed by atoms with Gasteiger partial charge in [0.25, 0.3) is 5.91 Å². The van der Waals surface area contributed by atoms with E-state index in [0.29, 0.717) is 27.5 Å². The normalized spacial score (nSPS) is 10.5. The monoisotopic (exact) mass is 434 g/mol. The first kappa shape index (κ1) is 21.8. The molecular formula is C24H19ClN2O4. The van der Waals surface area contributed by atoms with E-state index in [-0.39, 0.29) is 11.7 Å². The van der Waals surface area contributed by atoms with Gasteiger partial charge < -0.3 is 15.4 Å². The number of halogens is 1. The number of para-hydroxylation sites is 2. The molecule has 0 aliphatic rings.